The van der Waals surface area contributed by atoms with E-state index in [0.29, 0.717) is 5.69 Å². The molecule has 0 spiro atoms. The fourth-order valence-corrected chi connectivity index (χ4v) is 2.05. The topological polar surface area (TPSA) is 50.9 Å². The Labute approximate surface area is 114 Å². The Morgan fingerprint density at radius 3 is 2.58 bits per heavy atom. The molecule has 1 heterocycles. The number of nitrogens with zero attached hydrogens (tertiary/aromatic N) is 1. The van der Waals surface area contributed by atoms with Gasteiger partial charge in [-0.3, -0.25) is 4.98 Å². The standard InChI is InChI=1S/C16H21N3/c1-16(2,10-8-13-6-4-3-5-7-13)19-15-9-11-18-12-14(15)17/h3-7,9,11-12H,8,10,17H2,1-2H3,(H,18,19). The number of rotatable bonds is 5. The predicted molar refractivity (Wildman–Crippen MR) is 81.1 cm³/mol. The van der Waals surface area contributed by atoms with Crippen molar-refractivity contribution in [2.24, 2.45) is 0 Å². The number of hydrogen-bond acceptors (Lipinski definition) is 3. The minimum absolute atomic E-state index is 0.00862. The maximum absolute atomic E-state index is 5.91. The number of nitrogens with two attached hydrogens (primary N) is 1. The number of nitrogen functional groups attached to an aromatic ring is 1. The van der Waals surface area contributed by atoms with E-state index in [9.17, 15) is 0 Å². The van der Waals surface area contributed by atoms with E-state index < -0.39 is 0 Å². The van der Waals surface area contributed by atoms with Crippen molar-refractivity contribution in [2.75, 3.05) is 11.1 Å². The van der Waals surface area contributed by atoms with E-state index in [1.165, 1.54) is 5.56 Å². The summed E-state index contributed by atoms with van der Waals surface area (Å²) in [5, 5.41) is 3.49. The van der Waals surface area contributed by atoms with Gasteiger partial charge in [0, 0.05) is 11.7 Å². The molecule has 0 aliphatic carbocycles. The third kappa shape index (κ3) is 3.98. The molecule has 3 nitrogen and oxygen atoms in total. The molecule has 3 N–H and O–H groups in total. The van der Waals surface area contributed by atoms with Gasteiger partial charge in [-0.25, -0.2) is 0 Å². The first-order valence-corrected chi connectivity index (χ1v) is 6.58. The van der Waals surface area contributed by atoms with Crippen molar-refractivity contribution in [3.8, 4) is 0 Å². The Bertz CT molecular complexity index is 521. The van der Waals surface area contributed by atoms with E-state index in [4.69, 9.17) is 5.73 Å². The monoisotopic (exact) mass is 255 g/mol. The lowest BCUT2D eigenvalue weighted by molar-refractivity contribution is 0.519. The van der Waals surface area contributed by atoms with Crippen molar-refractivity contribution in [1.82, 2.24) is 4.98 Å². The Balaban J connectivity index is 1.97. The SMILES string of the molecule is CC(C)(CCc1ccccc1)Nc1ccncc1N. The first-order chi connectivity index (χ1) is 9.07. The Hall–Kier alpha value is -2.03. The number of hydrogen-bond donors (Lipinski definition) is 2. The Kier molecular flexibility index (Phi) is 4.05. The third-order valence-electron chi connectivity index (χ3n) is 3.21. The van der Waals surface area contributed by atoms with Crippen molar-refractivity contribution in [2.45, 2.75) is 32.2 Å². The smallest absolute Gasteiger partial charge is 0.0736 e. The molecule has 1 aromatic carbocycles. The molecule has 0 aliphatic rings. The molecular formula is C16H21N3. The molecule has 0 amide bonds. The molecule has 0 fully saturated rings. The van der Waals surface area contributed by atoms with Gasteiger partial charge in [-0.15, -0.1) is 0 Å². The Morgan fingerprint density at radius 2 is 1.89 bits per heavy atom. The highest BCUT2D eigenvalue weighted by atomic mass is 15.0. The molecule has 3 heteroatoms. The summed E-state index contributed by atoms with van der Waals surface area (Å²) < 4.78 is 0. The first-order valence-electron chi connectivity index (χ1n) is 6.58. The van der Waals surface area contributed by atoms with E-state index >= 15 is 0 Å². The highest BCUT2D eigenvalue weighted by Gasteiger charge is 2.18. The van der Waals surface area contributed by atoms with Crippen LogP contribution in [-0.4, -0.2) is 10.5 Å². The van der Waals surface area contributed by atoms with Crippen LogP contribution in [0, 0.1) is 0 Å². The number of benzene rings is 1. The summed E-state index contributed by atoms with van der Waals surface area (Å²) in [5.74, 6) is 0. The number of aromatic nitrogens is 1. The van der Waals surface area contributed by atoms with Crippen LogP contribution in [0.3, 0.4) is 0 Å². The van der Waals surface area contributed by atoms with Crippen LogP contribution in [0.25, 0.3) is 0 Å². The van der Waals surface area contributed by atoms with Crippen LogP contribution < -0.4 is 11.1 Å². The van der Waals surface area contributed by atoms with Crippen LogP contribution in [0.2, 0.25) is 0 Å². The van der Waals surface area contributed by atoms with Gasteiger partial charge in [0.15, 0.2) is 0 Å². The summed E-state index contributed by atoms with van der Waals surface area (Å²) in [5.41, 5.74) is 8.90. The fraction of sp³-hybridized carbons (Fsp3) is 0.312. The second-order valence-electron chi connectivity index (χ2n) is 5.46. The van der Waals surface area contributed by atoms with Gasteiger partial charge >= 0.3 is 0 Å². The lowest BCUT2D eigenvalue weighted by Crippen LogP contribution is -2.31. The van der Waals surface area contributed by atoms with E-state index in [1.54, 1.807) is 12.4 Å². The molecule has 2 rings (SSSR count). The van der Waals surface area contributed by atoms with Crippen molar-refractivity contribution in [3.63, 3.8) is 0 Å². The van der Waals surface area contributed by atoms with Crippen LogP contribution in [0.5, 0.6) is 0 Å². The molecule has 2 aromatic rings. The van der Waals surface area contributed by atoms with E-state index in [1.807, 2.05) is 12.1 Å². The van der Waals surface area contributed by atoms with Gasteiger partial charge in [0.05, 0.1) is 17.6 Å². The average Bonchev–Trinajstić information content (AvgIpc) is 2.40. The largest absolute Gasteiger partial charge is 0.396 e. The van der Waals surface area contributed by atoms with Gasteiger partial charge in [0.2, 0.25) is 0 Å². The van der Waals surface area contributed by atoms with Gasteiger partial charge in [-0.1, -0.05) is 30.3 Å². The van der Waals surface area contributed by atoms with E-state index in [0.717, 1.165) is 18.5 Å². The molecule has 1 aromatic heterocycles. The summed E-state index contributed by atoms with van der Waals surface area (Å²) in [4.78, 5) is 4.00. The molecule has 100 valence electrons. The van der Waals surface area contributed by atoms with Gasteiger partial charge in [0.1, 0.15) is 0 Å². The average molecular weight is 255 g/mol. The second kappa shape index (κ2) is 5.74. The summed E-state index contributed by atoms with van der Waals surface area (Å²) in [7, 11) is 0. The highest BCUT2D eigenvalue weighted by molar-refractivity contribution is 5.65. The fourth-order valence-electron chi connectivity index (χ4n) is 2.05. The molecule has 0 saturated carbocycles. The zero-order valence-electron chi connectivity index (χ0n) is 11.6. The summed E-state index contributed by atoms with van der Waals surface area (Å²) >= 11 is 0. The minimum Gasteiger partial charge on any atom is -0.396 e. The molecule has 0 atom stereocenters. The minimum atomic E-state index is -0.00862. The van der Waals surface area contributed by atoms with Crippen LogP contribution in [0.15, 0.2) is 48.8 Å². The number of nitrogens with one attached hydrogen (secondary N) is 1. The van der Waals surface area contributed by atoms with Crippen LogP contribution >= 0.6 is 0 Å². The lowest BCUT2D eigenvalue weighted by Gasteiger charge is -2.28. The number of aryl methyl sites for hydroxylation is 1. The quantitative estimate of drug-likeness (QED) is 0.860. The predicted octanol–water partition coefficient (Wildman–Crippen LogP) is 3.49. The number of pyridine rings is 1. The zero-order valence-corrected chi connectivity index (χ0v) is 11.6. The zero-order chi connectivity index (χ0) is 13.7. The van der Waals surface area contributed by atoms with Crippen molar-refractivity contribution in [1.29, 1.82) is 0 Å². The van der Waals surface area contributed by atoms with Crippen LogP contribution in [0.4, 0.5) is 11.4 Å². The second-order valence-corrected chi connectivity index (χ2v) is 5.46. The molecule has 0 unspecified atom stereocenters. The van der Waals surface area contributed by atoms with Gasteiger partial charge < -0.3 is 11.1 Å². The Morgan fingerprint density at radius 1 is 1.16 bits per heavy atom. The van der Waals surface area contributed by atoms with E-state index in [2.05, 4.69) is 48.4 Å². The first kappa shape index (κ1) is 13.4. The summed E-state index contributed by atoms with van der Waals surface area (Å²) in [6, 6.07) is 12.4. The summed E-state index contributed by atoms with van der Waals surface area (Å²) in [6.45, 7) is 4.38. The van der Waals surface area contributed by atoms with Gasteiger partial charge in [-0.05, 0) is 38.3 Å². The normalized spacial score (nSPS) is 11.3. The van der Waals surface area contributed by atoms with Crippen molar-refractivity contribution >= 4 is 11.4 Å². The highest BCUT2D eigenvalue weighted by Crippen LogP contribution is 2.23. The maximum atomic E-state index is 5.91. The summed E-state index contributed by atoms with van der Waals surface area (Å²) in [6.07, 6.45) is 5.52. The molecule has 19 heavy (non-hydrogen) atoms. The van der Waals surface area contributed by atoms with E-state index in [-0.39, 0.29) is 5.54 Å². The maximum Gasteiger partial charge on any atom is 0.0736 e. The molecule has 0 saturated heterocycles. The number of anilines is 2. The van der Waals surface area contributed by atoms with Crippen molar-refractivity contribution in [3.05, 3.63) is 54.4 Å². The molecule has 0 aliphatic heterocycles. The van der Waals surface area contributed by atoms with Crippen LogP contribution in [-0.2, 0) is 6.42 Å². The molecule has 0 radical (unpaired) electrons. The third-order valence-corrected chi connectivity index (χ3v) is 3.21. The molecular weight excluding hydrogens is 234 g/mol. The van der Waals surface area contributed by atoms with Gasteiger partial charge in [0.25, 0.3) is 0 Å². The van der Waals surface area contributed by atoms with Gasteiger partial charge in [-0.2, -0.15) is 0 Å². The van der Waals surface area contributed by atoms with Crippen LogP contribution in [0.1, 0.15) is 25.8 Å². The molecule has 0 bridgehead atoms. The lowest BCUT2D eigenvalue weighted by atomic mass is 9.95. The van der Waals surface area contributed by atoms with Crippen molar-refractivity contribution < 1.29 is 0 Å².